The minimum absolute atomic E-state index is 0.0683. The summed E-state index contributed by atoms with van der Waals surface area (Å²) in [4.78, 5) is 18.7. The molecule has 0 spiro atoms. The van der Waals surface area contributed by atoms with Gasteiger partial charge < -0.3 is 10.2 Å². The molecule has 2 heterocycles. The third-order valence-electron chi connectivity index (χ3n) is 4.72. The first-order chi connectivity index (χ1) is 12.9. The fourth-order valence-corrected chi connectivity index (χ4v) is 3.92. The van der Waals surface area contributed by atoms with Gasteiger partial charge in [0.05, 0.1) is 5.56 Å². The van der Waals surface area contributed by atoms with Crippen molar-refractivity contribution in [3.63, 3.8) is 0 Å². The summed E-state index contributed by atoms with van der Waals surface area (Å²) in [5.74, 6) is 0.318. The number of carbonyl (C=O) groups is 1. The molecule has 1 aromatic heterocycles. The number of thiazole rings is 1. The number of rotatable bonds is 6. The van der Waals surface area contributed by atoms with Gasteiger partial charge in [0.25, 0.3) is 0 Å². The van der Waals surface area contributed by atoms with Gasteiger partial charge in [0.1, 0.15) is 0 Å². The van der Waals surface area contributed by atoms with Crippen molar-refractivity contribution in [2.24, 2.45) is 5.92 Å². The van der Waals surface area contributed by atoms with E-state index in [1.54, 1.807) is 17.5 Å². The van der Waals surface area contributed by atoms with E-state index in [9.17, 15) is 18.0 Å². The van der Waals surface area contributed by atoms with Crippen LogP contribution >= 0.6 is 11.3 Å². The first-order valence-electron chi connectivity index (χ1n) is 8.99. The molecular weight excluding hydrogens is 375 g/mol. The van der Waals surface area contributed by atoms with Gasteiger partial charge in [-0.3, -0.25) is 4.79 Å². The molecule has 27 heavy (non-hydrogen) atoms. The molecule has 1 atom stereocenters. The van der Waals surface area contributed by atoms with Gasteiger partial charge in [0, 0.05) is 37.6 Å². The van der Waals surface area contributed by atoms with Gasteiger partial charge in [-0.25, -0.2) is 4.98 Å². The number of alkyl halides is 3. The Hall–Kier alpha value is -2.09. The van der Waals surface area contributed by atoms with Crippen LogP contribution in [0.15, 0.2) is 35.8 Å². The molecule has 0 radical (unpaired) electrons. The molecule has 0 aliphatic carbocycles. The van der Waals surface area contributed by atoms with Crippen LogP contribution in [0.5, 0.6) is 0 Å². The van der Waals surface area contributed by atoms with E-state index < -0.39 is 11.7 Å². The highest BCUT2D eigenvalue weighted by molar-refractivity contribution is 7.13. The molecule has 0 saturated carbocycles. The van der Waals surface area contributed by atoms with Gasteiger partial charge in [-0.2, -0.15) is 13.2 Å². The second-order valence-corrected chi connectivity index (χ2v) is 7.64. The van der Waals surface area contributed by atoms with Crippen LogP contribution < -0.4 is 10.2 Å². The number of benzene rings is 1. The third kappa shape index (κ3) is 5.69. The molecule has 1 saturated heterocycles. The second-order valence-electron chi connectivity index (χ2n) is 6.77. The highest BCUT2D eigenvalue weighted by Gasteiger charge is 2.29. The molecule has 1 N–H and O–H groups in total. The fourth-order valence-electron chi connectivity index (χ4n) is 3.24. The summed E-state index contributed by atoms with van der Waals surface area (Å²) in [6.45, 7) is 2.49. The Morgan fingerprint density at radius 1 is 1.30 bits per heavy atom. The molecule has 1 aliphatic heterocycles. The van der Waals surface area contributed by atoms with Gasteiger partial charge in [-0.15, -0.1) is 11.3 Å². The van der Waals surface area contributed by atoms with E-state index >= 15 is 0 Å². The summed E-state index contributed by atoms with van der Waals surface area (Å²) in [6.07, 6.45) is 0.315. The molecule has 1 aromatic carbocycles. The van der Waals surface area contributed by atoms with Crippen LogP contribution in [0.4, 0.5) is 18.3 Å². The van der Waals surface area contributed by atoms with E-state index in [-0.39, 0.29) is 12.3 Å². The molecule has 3 rings (SSSR count). The second kappa shape index (κ2) is 8.73. The maximum Gasteiger partial charge on any atom is 0.416 e. The van der Waals surface area contributed by atoms with Crippen LogP contribution in [-0.2, 0) is 17.4 Å². The number of amides is 1. The maximum atomic E-state index is 12.6. The Balaban J connectivity index is 1.40. The van der Waals surface area contributed by atoms with Crippen molar-refractivity contribution < 1.29 is 18.0 Å². The lowest BCUT2D eigenvalue weighted by Gasteiger charge is -2.32. The monoisotopic (exact) mass is 397 g/mol. The van der Waals surface area contributed by atoms with Gasteiger partial charge in [-0.05, 0) is 42.9 Å². The predicted molar refractivity (Wildman–Crippen MR) is 99.8 cm³/mol. The van der Waals surface area contributed by atoms with Crippen LogP contribution in [0.25, 0.3) is 0 Å². The highest BCUT2D eigenvalue weighted by Crippen LogP contribution is 2.29. The number of carbonyl (C=O) groups excluding carboxylic acids is 1. The number of nitrogens with one attached hydrogen (secondary N) is 1. The number of halogens is 3. The number of aryl methyl sites for hydroxylation is 1. The summed E-state index contributed by atoms with van der Waals surface area (Å²) < 4.78 is 37.7. The molecule has 1 amide bonds. The Bertz CT molecular complexity index is 732. The van der Waals surface area contributed by atoms with E-state index in [1.165, 1.54) is 12.1 Å². The van der Waals surface area contributed by atoms with Crippen molar-refractivity contribution in [1.29, 1.82) is 0 Å². The number of nitrogens with zero attached hydrogens (tertiary/aromatic N) is 2. The lowest BCUT2D eigenvalue weighted by atomic mass is 9.98. The van der Waals surface area contributed by atoms with E-state index in [4.69, 9.17) is 0 Å². The number of hydrogen-bond donors (Lipinski definition) is 1. The van der Waals surface area contributed by atoms with E-state index in [0.717, 1.165) is 48.8 Å². The molecule has 1 fully saturated rings. The average molecular weight is 397 g/mol. The zero-order valence-electron chi connectivity index (χ0n) is 14.8. The Kier molecular flexibility index (Phi) is 6.36. The number of piperidine rings is 1. The minimum Gasteiger partial charge on any atom is -0.356 e. The van der Waals surface area contributed by atoms with Crippen LogP contribution in [0, 0.1) is 5.92 Å². The van der Waals surface area contributed by atoms with Crippen molar-refractivity contribution in [2.45, 2.75) is 31.9 Å². The first-order valence-corrected chi connectivity index (χ1v) is 9.87. The van der Waals surface area contributed by atoms with Crippen LogP contribution in [0.3, 0.4) is 0 Å². The summed E-state index contributed by atoms with van der Waals surface area (Å²) in [6, 6.07) is 4.98. The van der Waals surface area contributed by atoms with Crippen LogP contribution in [0.1, 0.15) is 30.4 Å². The topological polar surface area (TPSA) is 45.2 Å². The minimum atomic E-state index is -4.33. The fraction of sp³-hybridized carbons (Fsp3) is 0.474. The number of hydrogen-bond acceptors (Lipinski definition) is 4. The summed E-state index contributed by atoms with van der Waals surface area (Å²) in [7, 11) is 0. The Morgan fingerprint density at radius 3 is 2.74 bits per heavy atom. The predicted octanol–water partition coefficient (Wildman–Crippen LogP) is 4.13. The van der Waals surface area contributed by atoms with Gasteiger partial charge >= 0.3 is 6.18 Å². The molecule has 0 unspecified atom stereocenters. The number of anilines is 1. The zero-order valence-corrected chi connectivity index (χ0v) is 15.7. The van der Waals surface area contributed by atoms with E-state index in [0.29, 0.717) is 18.9 Å². The van der Waals surface area contributed by atoms with Crippen molar-refractivity contribution >= 4 is 22.4 Å². The van der Waals surface area contributed by atoms with Crippen molar-refractivity contribution in [1.82, 2.24) is 10.3 Å². The highest BCUT2D eigenvalue weighted by atomic mass is 32.1. The van der Waals surface area contributed by atoms with Gasteiger partial charge in [-0.1, -0.05) is 12.1 Å². The molecule has 8 heteroatoms. The molecule has 1 aliphatic rings. The van der Waals surface area contributed by atoms with Crippen molar-refractivity contribution in [2.75, 3.05) is 24.5 Å². The largest absolute Gasteiger partial charge is 0.416 e. The molecule has 0 bridgehead atoms. The maximum absolute atomic E-state index is 12.6. The smallest absolute Gasteiger partial charge is 0.356 e. The third-order valence-corrected chi connectivity index (χ3v) is 5.55. The Morgan fingerprint density at radius 2 is 2.07 bits per heavy atom. The lowest BCUT2D eigenvalue weighted by Crippen LogP contribution is -2.41. The van der Waals surface area contributed by atoms with Crippen LogP contribution in [0.2, 0.25) is 0 Å². The SMILES string of the molecule is O=C(CCc1ccc(C(F)(F)F)cc1)NC[C@H]1CCCN(c2nccs2)C1. The molecule has 146 valence electrons. The standard InChI is InChI=1S/C19H22F3N3OS/c20-19(21,22)16-6-3-14(4-7-16)5-8-17(26)24-12-15-2-1-10-25(13-15)18-23-9-11-27-18/h3-4,6-7,9,11,15H,1-2,5,8,10,12-13H2,(H,24,26)/t15-/m1/s1. The first kappa shape index (κ1) is 19.7. The van der Waals surface area contributed by atoms with E-state index in [2.05, 4.69) is 15.2 Å². The van der Waals surface area contributed by atoms with Crippen molar-refractivity contribution in [3.8, 4) is 0 Å². The van der Waals surface area contributed by atoms with E-state index in [1.807, 2.05) is 5.38 Å². The molecule has 4 nitrogen and oxygen atoms in total. The normalized spacial score (nSPS) is 17.7. The van der Waals surface area contributed by atoms with Gasteiger partial charge in [0.15, 0.2) is 5.13 Å². The average Bonchev–Trinajstić information content (AvgIpc) is 3.19. The molecular formula is C19H22F3N3OS. The summed E-state index contributed by atoms with van der Waals surface area (Å²) in [5.41, 5.74) is 0.0588. The lowest BCUT2D eigenvalue weighted by molar-refractivity contribution is -0.137. The quantitative estimate of drug-likeness (QED) is 0.797. The Labute approximate surface area is 160 Å². The van der Waals surface area contributed by atoms with Gasteiger partial charge in [0.2, 0.25) is 5.91 Å². The van der Waals surface area contributed by atoms with Crippen LogP contribution in [-0.4, -0.2) is 30.5 Å². The van der Waals surface area contributed by atoms with Crippen molar-refractivity contribution in [3.05, 3.63) is 47.0 Å². The number of aromatic nitrogens is 1. The zero-order chi connectivity index (χ0) is 19.3. The molecule has 2 aromatic rings. The summed E-state index contributed by atoms with van der Waals surface area (Å²) in [5, 5.41) is 5.94. The summed E-state index contributed by atoms with van der Waals surface area (Å²) >= 11 is 1.62.